The number of pyridine rings is 1. The molecule has 2 heterocycles. The van der Waals surface area contributed by atoms with Crippen LogP contribution >= 0.6 is 0 Å². The molecule has 0 saturated carbocycles. The molecule has 0 spiro atoms. The van der Waals surface area contributed by atoms with Gasteiger partial charge in [0, 0.05) is 31.6 Å². The minimum absolute atomic E-state index is 0.568. The van der Waals surface area contributed by atoms with Gasteiger partial charge < -0.3 is 10.1 Å². The second-order valence-corrected chi connectivity index (χ2v) is 5.08. The van der Waals surface area contributed by atoms with Crippen molar-refractivity contribution in [2.75, 3.05) is 19.8 Å². The van der Waals surface area contributed by atoms with Crippen molar-refractivity contribution in [3.63, 3.8) is 0 Å². The molecule has 1 unspecified atom stereocenters. The van der Waals surface area contributed by atoms with Gasteiger partial charge in [0.25, 0.3) is 0 Å². The lowest BCUT2D eigenvalue weighted by atomic mass is 9.88. The largest absolute Gasteiger partial charge is 0.381 e. The average Bonchev–Trinajstić information content (AvgIpc) is 2.45. The van der Waals surface area contributed by atoms with E-state index in [0.29, 0.717) is 6.04 Å². The fourth-order valence-corrected chi connectivity index (χ4v) is 2.63. The molecule has 100 valence electrons. The topological polar surface area (TPSA) is 34.2 Å². The monoisotopic (exact) mass is 248 g/mol. The maximum atomic E-state index is 5.46. The van der Waals surface area contributed by atoms with Gasteiger partial charge in [0.2, 0.25) is 0 Å². The smallest absolute Gasteiger partial charge is 0.0469 e. The number of nitrogens with zero attached hydrogens (tertiary/aromatic N) is 1. The molecule has 1 saturated heterocycles. The zero-order valence-corrected chi connectivity index (χ0v) is 11.3. The second kappa shape index (κ2) is 7.49. The number of hydrogen-bond acceptors (Lipinski definition) is 3. The van der Waals surface area contributed by atoms with E-state index in [2.05, 4.69) is 23.3 Å². The molecule has 2 rings (SSSR count). The van der Waals surface area contributed by atoms with Gasteiger partial charge in [-0.2, -0.15) is 0 Å². The predicted octanol–water partition coefficient (Wildman–Crippen LogP) is 2.42. The molecule has 1 fully saturated rings. The Labute approximate surface area is 110 Å². The molecular formula is C15H24N2O. The third-order valence-corrected chi connectivity index (χ3v) is 3.67. The summed E-state index contributed by atoms with van der Waals surface area (Å²) in [4.78, 5) is 4.21. The van der Waals surface area contributed by atoms with Crippen LogP contribution in [0, 0.1) is 5.92 Å². The molecule has 0 aliphatic carbocycles. The van der Waals surface area contributed by atoms with E-state index in [1.165, 1.54) is 24.8 Å². The molecular weight excluding hydrogens is 224 g/mol. The summed E-state index contributed by atoms with van der Waals surface area (Å²) in [6.45, 7) is 5.16. The highest BCUT2D eigenvalue weighted by molar-refractivity contribution is 5.10. The Morgan fingerprint density at radius 1 is 1.44 bits per heavy atom. The minimum atomic E-state index is 0.568. The average molecular weight is 248 g/mol. The van der Waals surface area contributed by atoms with Crippen LogP contribution in [0.15, 0.2) is 24.5 Å². The van der Waals surface area contributed by atoms with E-state index < -0.39 is 0 Å². The molecule has 0 bridgehead atoms. The SMILES string of the molecule is CCCNC(Cc1cccnc1)C1CCOCC1. The molecule has 3 heteroatoms. The van der Waals surface area contributed by atoms with Crippen LogP contribution in [0.25, 0.3) is 0 Å². The first kappa shape index (κ1) is 13.5. The number of nitrogens with one attached hydrogen (secondary N) is 1. The van der Waals surface area contributed by atoms with Crippen molar-refractivity contribution in [2.24, 2.45) is 5.92 Å². The van der Waals surface area contributed by atoms with Gasteiger partial charge >= 0.3 is 0 Å². The van der Waals surface area contributed by atoms with Gasteiger partial charge in [-0.15, -0.1) is 0 Å². The molecule has 18 heavy (non-hydrogen) atoms. The van der Waals surface area contributed by atoms with Crippen molar-refractivity contribution in [3.05, 3.63) is 30.1 Å². The first-order valence-corrected chi connectivity index (χ1v) is 7.10. The minimum Gasteiger partial charge on any atom is -0.381 e. The van der Waals surface area contributed by atoms with E-state index in [-0.39, 0.29) is 0 Å². The number of rotatable bonds is 6. The number of hydrogen-bond donors (Lipinski definition) is 1. The van der Waals surface area contributed by atoms with Gasteiger partial charge in [0.05, 0.1) is 0 Å². The summed E-state index contributed by atoms with van der Waals surface area (Å²) in [6, 6.07) is 4.77. The first-order valence-electron chi connectivity index (χ1n) is 7.10. The normalized spacial score (nSPS) is 18.7. The van der Waals surface area contributed by atoms with Crippen LogP contribution in [-0.4, -0.2) is 30.8 Å². The Morgan fingerprint density at radius 2 is 2.28 bits per heavy atom. The third-order valence-electron chi connectivity index (χ3n) is 3.67. The number of aromatic nitrogens is 1. The van der Waals surface area contributed by atoms with Crippen molar-refractivity contribution in [1.82, 2.24) is 10.3 Å². The predicted molar refractivity (Wildman–Crippen MR) is 73.6 cm³/mol. The van der Waals surface area contributed by atoms with Gasteiger partial charge in [0.1, 0.15) is 0 Å². The van der Waals surface area contributed by atoms with Gasteiger partial charge in [-0.25, -0.2) is 0 Å². The maximum Gasteiger partial charge on any atom is 0.0469 e. The van der Waals surface area contributed by atoms with Gasteiger partial charge in [-0.3, -0.25) is 4.98 Å². The summed E-state index contributed by atoms with van der Waals surface area (Å²) in [5.74, 6) is 0.741. The summed E-state index contributed by atoms with van der Waals surface area (Å²) >= 11 is 0. The Balaban J connectivity index is 1.95. The van der Waals surface area contributed by atoms with E-state index in [0.717, 1.165) is 32.1 Å². The molecule has 0 amide bonds. The van der Waals surface area contributed by atoms with E-state index >= 15 is 0 Å². The zero-order valence-electron chi connectivity index (χ0n) is 11.3. The van der Waals surface area contributed by atoms with Crippen molar-refractivity contribution in [2.45, 2.75) is 38.6 Å². The van der Waals surface area contributed by atoms with Crippen LogP contribution in [0.5, 0.6) is 0 Å². The van der Waals surface area contributed by atoms with Crippen molar-refractivity contribution in [3.8, 4) is 0 Å². The maximum absolute atomic E-state index is 5.46. The quantitative estimate of drug-likeness (QED) is 0.839. The standard InChI is InChI=1S/C15H24N2O/c1-2-7-17-15(14-5-9-18-10-6-14)11-13-4-3-8-16-12-13/h3-4,8,12,14-15,17H,2,5-7,9-11H2,1H3. The third kappa shape index (κ3) is 4.07. The van der Waals surface area contributed by atoms with Crippen molar-refractivity contribution >= 4 is 0 Å². The molecule has 1 aliphatic heterocycles. The summed E-state index contributed by atoms with van der Waals surface area (Å²) < 4.78 is 5.46. The molecule has 1 N–H and O–H groups in total. The van der Waals surface area contributed by atoms with E-state index in [1.807, 2.05) is 18.5 Å². The van der Waals surface area contributed by atoms with Crippen LogP contribution in [0.3, 0.4) is 0 Å². The van der Waals surface area contributed by atoms with E-state index in [9.17, 15) is 0 Å². The van der Waals surface area contributed by atoms with Crippen LogP contribution in [0.2, 0.25) is 0 Å². The fraction of sp³-hybridized carbons (Fsp3) is 0.667. The first-order chi connectivity index (χ1) is 8.90. The van der Waals surface area contributed by atoms with Gasteiger partial charge in [-0.1, -0.05) is 13.0 Å². The molecule has 0 radical (unpaired) electrons. The van der Waals surface area contributed by atoms with Crippen LogP contribution in [0.1, 0.15) is 31.7 Å². The van der Waals surface area contributed by atoms with Crippen molar-refractivity contribution < 1.29 is 4.74 Å². The zero-order chi connectivity index (χ0) is 12.6. The molecule has 1 atom stereocenters. The highest BCUT2D eigenvalue weighted by Gasteiger charge is 2.23. The second-order valence-electron chi connectivity index (χ2n) is 5.08. The molecule has 3 nitrogen and oxygen atoms in total. The summed E-state index contributed by atoms with van der Waals surface area (Å²) in [5, 5.41) is 3.70. The van der Waals surface area contributed by atoms with Crippen LogP contribution < -0.4 is 5.32 Å². The lowest BCUT2D eigenvalue weighted by Crippen LogP contribution is -2.41. The van der Waals surface area contributed by atoms with E-state index in [1.54, 1.807) is 0 Å². The molecule has 1 aromatic rings. The summed E-state index contributed by atoms with van der Waals surface area (Å²) in [6.07, 6.45) is 8.46. The van der Waals surface area contributed by atoms with Gasteiger partial charge in [-0.05, 0) is 49.8 Å². The van der Waals surface area contributed by atoms with E-state index in [4.69, 9.17) is 4.74 Å². The summed E-state index contributed by atoms with van der Waals surface area (Å²) in [7, 11) is 0. The Morgan fingerprint density at radius 3 is 2.94 bits per heavy atom. The lowest BCUT2D eigenvalue weighted by molar-refractivity contribution is 0.0537. The van der Waals surface area contributed by atoms with Crippen LogP contribution in [-0.2, 0) is 11.2 Å². The fourth-order valence-electron chi connectivity index (χ4n) is 2.63. The van der Waals surface area contributed by atoms with Gasteiger partial charge in [0.15, 0.2) is 0 Å². The molecule has 1 aliphatic rings. The number of ether oxygens (including phenoxy) is 1. The lowest BCUT2D eigenvalue weighted by Gasteiger charge is -2.31. The Bertz CT molecular complexity index is 323. The van der Waals surface area contributed by atoms with Crippen molar-refractivity contribution in [1.29, 1.82) is 0 Å². The van der Waals surface area contributed by atoms with Crippen LogP contribution in [0.4, 0.5) is 0 Å². The highest BCUT2D eigenvalue weighted by Crippen LogP contribution is 2.21. The summed E-state index contributed by atoms with van der Waals surface area (Å²) in [5.41, 5.74) is 1.33. The molecule has 0 aromatic carbocycles. The highest BCUT2D eigenvalue weighted by atomic mass is 16.5. The Kier molecular flexibility index (Phi) is 5.62. The Hall–Kier alpha value is -0.930. The molecule has 1 aromatic heterocycles.